The van der Waals surface area contributed by atoms with Crippen LogP contribution in [-0.2, 0) is 11.3 Å². The molecule has 1 N–H and O–H groups in total. The molecule has 5 nitrogen and oxygen atoms in total. The molecule has 4 fully saturated rings. The summed E-state index contributed by atoms with van der Waals surface area (Å²) in [5.41, 5.74) is 1.14. The molecule has 0 bridgehead atoms. The van der Waals surface area contributed by atoms with Crippen molar-refractivity contribution < 1.29 is 9.84 Å². The SMILES string of the molecule is C=C(Cn1nccn1)[C@H]1CC[C@H]2[C@@H]3CC[C@H]4C[C@@](O)(COCC)CC[C@@H]4[C@H]3CC[C@]12C. The van der Waals surface area contributed by atoms with E-state index < -0.39 is 5.60 Å². The minimum atomic E-state index is -0.579. The van der Waals surface area contributed by atoms with Crippen LogP contribution in [-0.4, -0.2) is 38.9 Å². The van der Waals surface area contributed by atoms with Crippen molar-refractivity contribution >= 4 is 0 Å². The maximum Gasteiger partial charge on any atom is 0.0883 e. The first-order valence-corrected chi connectivity index (χ1v) is 12.8. The van der Waals surface area contributed by atoms with E-state index in [1.54, 1.807) is 17.2 Å². The Hall–Kier alpha value is -1.20. The predicted molar refractivity (Wildman–Crippen MR) is 121 cm³/mol. The van der Waals surface area contributed by atoms with Crippen molar-refractivity contribution in [2.45, 2.75) is 83.8 Å². The summed E-state index contributed by atoms with van der Waals surface area (Å²) in [6.45, 7) is 11.1. The highest BCUT2D eigenvalue weighted by Gasteiger charge is 2.58. The van der Waals surface area contributed by atoms with Crippen molar-refractivity contribution in [1.29, 1.82) is 0 Å². The van der Waals surface area contributed by atoms with Crippen LogP contribution >= 0.6 is 0 Å². The van der Waals surface area contributed by atoms with Crippen molar-refractivity contribution in [2.75, 3.05) is 13.2 Å². The zero-order valence-corrected chi connectivity index (χ0v) is 19.5. The van der Waals surface area contributed by atoms with Gasteiger partial charge in [0.25, 0.3) is 0 Å². The molecule has 1 aromatic heterocycles. The lowest BCUT2D eigenvalue weighted by molar-refractivity contribution is -0.127. The van der Waals surface area contributed by atoms with Crippen LogP contribution in [0.4, 0.5) is 0 Å². The van der Waals surface area contributed by atoms with Gasteiger partial charge < -0.3 is 9.84 Å². The van der Waals surface area contributed by atoms with Gasteiger partial charge in [0.1, 0.15) is 0 Å². The molecule has 0 spiro atoms. The summed E-state index contributed by atoms with van der Waals surface area (Å²) in [5, 5.41) is 19.7. The van der Waals surface area contributed by atoms with Gasteiger partial charge in [0.2, 0.25) is 0 Å². The molecule has 172 valence electrons. The quantitative estimate of drug-likeness (QED) is 0.658. The zero-order chi connectivity index (χ0) is 21.6. The molecular formula is C26H41N3O2. The molecule has 5 rings (SSSR count). The van der Waals surface area contributed by atoms with Crippen LogP contribution in [0.2, 0.25) is 0 Å². The van der Waals surface area contributed by atoms with E-state index in [2.05, 4.69) is 23.7 Å². The molecule has 4 aliphatic rings. The number of nitrogens with zero attached hydrogens (tertiary/aromatic N) is 3. The van der Waals surface area contributed by atoms with Gasteiger partial charge in [-0.25, -0.2) is 0 Å². The number of fused-ring (bicyclic) bond motifs is 5. The third-order valence-electron chi connectivity index (χ3n) is 9.98. The summed E-state index contributed by atoms with van der Waals surface area (Å²) >= 11 is 0. The molecule has 0 amide bonds. The van der Waals surface area contributed by atoms with Crippen LogP contribution < -0.4 is 0 Å². The van der Waals surface area contributed by atoms with Crippen LogP contribution in [0.15, 0.2) is 24.5 Å². The molecule has 4 saturated carbocycles. The smallest absolute Gasteiger partial charge is 0.0883 e. The molecule has 8 atom stereocenters. The van der Waals surface area contributed by atoms with Gasteiger partial charge in [-0.05, 0) is 106 Å². The average Bonchev–Trinajstić information content (AvgIpc) is 3.39. The highest BCUT2D eigenvalue weighted by molar-refractivity contribution is 5.15. The van der Waals surface area contributed by atoms with Gasteiger partial charge in [-0.1, -0.05) is 19.1 Å². The Morgan fingerprint density at radius 3 is 2.61 bits per heavy atom. The molecule has 0 unspecified atom stereocenters. The Labute approximate surface area is 187 Å². The first-order chi connectivity index (χ1) is 14.9. The lowest BCUT2D eigenvalue weighted by Crippen LogP contribution is -2.52. The number of rotatable bonds is 6. The molecule has 1 aromatic rings. The number of allylic oxidation sites excluding steroid dienone is 1. The number of hydrogen-bond acceptors (Lipinski definition) is 4. The van der Waals surface area contributed by atoms with E-state index in [0.29, 0.717) is 30.5 Å². The highest BCUT2D eigenvalue weighted by atomic mass is 16.5. The van der Waals surface area contributed by atoms with Crippen molar-refractivity contribution in [3.63, 3.8) is 0 Å². The van der Waals surface area contributed by atoms with E-state index in [4.69, 9.17) is 4.74 Å². The highest BCUT2D eigenvalue weighted by Crippen LogP contribution is 2.65. The van der Waals surface area contributed by atoms with Crippen molar-refractivity contribution in [3.8, 4) is 0 Å². The topological polar surface area (TPSA) is 60.2 Å². The summed E-state index contributed by atoms with van der Waals surface area (Å²) in [4.78, 5) is 1.79. The molecule has 0 aromatic carbocycles. The van der Waals surface area contributed by atoms with Crippen LogP contribution in [0.25, 0.3) is 0 Å². The summed E-state index contributed by atoms with van der Waals surface area (Å²) < 4.78 is 5.64. The van der Waals surface area contributed by atoms with Crippen LogP contribution in [0.5, 0.6) is 0 Å². The van der Waals surface area contributed by atoms with Crippen molar-refractivity contribution in [2.24, 2.45) is 40.9 Å². The number of ether oxygens (including phenoxy) is 1. The maximum absolute atomic E-state index is 11.1. The van der Waals surface area contributed by atoms with Crippen LogP contribution in [0, 0.1) is 40.9 Å². The Bertz CT molecular complexity index is 780. The second kappa shape index (κ2) is 8.30. The molecule has 31 heavy (non-hydrogen) atoms. The number of aliphatic hydroxyl groups is 1. The van der Waals surface area contributed by atoms with E-state index in [0.717, 1.165) is 43.1 Å². The number of hydrogen-bond donors (Lipinski definition) is 1. The van der Waals surface area contributed by atoms with Crippen LogP contribution in [0.1, 0.15) is 71.6 Å². The normalized spacial score (nSPS) is 44.4. The maximum atomic E-state index is 11.1. The minimum Gasteiger partial charge on any atom is -0.387 e. The molecule has 1 heterocycles. The summed E-state index contributed by atoms with van der Waals surface area (Å²) in [6, 6.07) is 0. The van der Waals surface area contributed by atoms with Crippen molar-refractivity contribution in [1.82, 2.24) is 15.0 Å². The fourth-order valence-corrected chi connectivity index (χ4v) is 8.67. The second-order valence-corrected chi connectivity index (χ2v) is 11.4. The zero-order valence-electron chi connectivity index (χ0n) is 19.5. The van der Waals surface area contributed by atoms with Gasteiger partial charge in [0.15, 0.2) is 0 Å². The molecule has 0 radical (unpaired) electrons. The molecule has 0 saturated heterocycles. The van der Waals surface area contributed by atoms with E-state index in [-0.39, 0.29) is 0 Å². The largest absolute Gasteiger partial charge is 0.387 e. The monoisotopic (exact) mass is 427 g/mol. The van der Waals surface area contributed by atoms with E-state index in [1.165, 1.54) is 50.5 Å². The van der Waals surface area contributed by atoms with Gasteiger partial charge in [0.05, 0.1) is 31.1 Å². The lowest BCUT2D eigenvalue weighted by Gasteiger charge is -2.57. The Kier molecular flexibility index (Phi) is 5.79. The third kappa shape index (κ3) is 3.80. The van der Waals surface area contributed by atoms with E-state index in [9.17, 15) is 5.11 Å². The predicted octanol–water partition coefficient (Wildman–Crippen LogP) is 4.87. The molecule has 0 aliphatic heterocycles. The Balaban J connectivity index is 1.27. The first-order valence-electron chi connectivity index (χ1n) is 12.8. The third-order valence-corrected chi connectivity index (χ3v) is 9.98. The van der Waals surface area contributed by atoms with Gasteiger partial charge in [-0.2, -0.15) is 15.0 Å². The number of aromatic nitrogens is 3. The van der Waals surface area contributed by atoms with Gasteiger partial charge in [-0.3, -0.25) is 0 Å². The first kappa shape index (κ1) is 21.6. The van der Waals surface area contributed by atoms with Crippen LogP contribution in [0.3, 0.4) is 0 Å². The molecule has 5 heteroatoms. The minimum absolute atomic E-state index is 0.391. The molecular weight excluding hydrogens is 386 g/mol. The van der Waals surface area contributed by atoms with E-state index >= 15 is 0 Å². The summed E-state index contributed by atoms with van der Waals surface area (Å²) in [7, 11) is 0. The summed E-state index contributed by atoms with van der Waals surface area (Å²) in [5.74, 6) is 4.70. The summed E-state index contributed by atoms with van der Waals surface area (Å²) in [6.07, 6.45) is 14.6. The second-order valence-electron chi connectivity index (χ2n) is 11.4. The fraction of sp³-hybridized carbons (Fsp3) is 0.846. The van der Waals surface area contributed by atoms with Crippen molar-refractivity contribution in [3.05, 3.63) is 24.5 Å². The van der Waals surface area contributed by atoms with E-state index in [1.807, 2.05) is 6.92 Å². The standard InChI is InChI=1S/C26H41N3O2/c1-4-31-17-26(30)12-10-20-19(15-26)5-6-22-21(20)9-11-25(3)23(7-8-24(22)25)18(2)16-29-27-13-14-28-29/h13-14,19-24,30H,2,4-12,15-17H2,1,3H3/t19-,20-,21+,22+,23+,24-,25+,26+/m0/s1. The Morgan fingerprint density at radius 1 is 1.06 bits per heavy atom. The van der Waals surface area contributed by atoms with Gasteiger partial charge in [0, 0.05) is 6.61 Å². The fourth-order valence-electron chi connectivity index (χ4n) is 8.67. The lowest BCUT2D eigenvalue weighted by atomic mass is 9.48. The van der Waals surface area contributed by atoms with Gasteiger partial charge in [-0.15, -0.1) is 0 Å². The average molecular weight is 428 g/mol. The Morgan fingerprint density at radius 2 is 1.84 bits per heavy atom. The molecule has 4 aliphatic carbocycles. The van der Waals surface area contributed by atoms with Gasteiger partial charge >= 0.3 is 0 Å².